The van der Waals surface area contributed by atoms with E-state index >= 15 is 0 Å². The number of sulfonamides is 1. The van der Waals surface area contributed by atoms with Crippen molar-refractivity contribution < 1.29 is 64.7 Å². The summed E-state index contributed by atoms with van der Waals surface area (Å²) in [6, 6.07) is 11.3. The molecule has 0 aromatic heterocycles. The fourth-order valence-electron chi connectivity index (χ4n) is 8.73. The van der Waals surface area contributed by atoms with Crippen LogP contribution in [-0.4, -0.2) is 76.7 Å². The molecular weight excluding hydrogens is 959 g/mol. The number of nitrogens with zero attached hydrogens (tertiary/aromatic N) is 2. The van der Waals surface area contributed by atoms with E-state index < -0.39 is 87.5 Å². The Bertz CT molecular complexity index is 3650. The van der Waals surface area contributed by atoms with E-state index in [9.17, 15) is 60.3 Å². The van der Waals surface area contributed by atoms with Gasteiger partial charge in [0, 0.05) is 52.0 Å². The Morgan fingerprint density at radius 2 is 1.11 bits per heavy atom. The van der Waals surface area contributed by atoms with Crippen molar-refractivity contribution in [1.82, 2.24) is 4.31 Å². The molecule has 354 valence electrons. The molecule has 1 aliphatic heterocycles. The number of hydrogen-bond acceptors (Lipinski definition) is 13. The summed E-state index contributed by atoms with van der Waals surface area (Å²) in [7, 11) is -24.6. The monoisotopic (exact) mass is 1010 g/mol. The van der Waals surface area contributed by atoms with Gasteiger partial charge in [0.05, 0.1) is 21.6 Å². The predicted octanol–water partition coefficient (Wildman–Crippen LogP) is 7.83. The second-order valence-electron chi connectivity index (χ2n) is 16.4. The summed E-state index contributed by atoms with van der Waals surface area (Å²) in [6.45, 7) is 15.3. The molecule has 23 heteroatoms. The van der Waals surface area contributed by atoms with Crippen LogP contribution in [0, 0.1) is 41.5 Å². The fourth-order valence-corrected chi connectivity index (χ4v) is 14.0. The number of fused-ring (bicyclic) bond motifs is 2. The van der Waals surface area contributed by atoms with Gasteiger partial charge in [-0.1, -0.05) is 30.3 Å². The number of nitrogens with one attached hydrogen (secondary N) is 1. The molecule has 4 aromatic rings. The summed E-state index contributed by atoms with van der Waals surface area (Å²) in [4.78, 5) is 1.50. The van der Waals surface area contributed by atoms with Crippen molar-refractivity contribution in [3.05, 3.63) is 99.4 Å². The van der Waals surface area contributed by atoms with Gasteiger partial charge in [-0.15, -0.1) is 0 Å². The maximum Gasteiger partial charge on any atom is 0.296 e. The van der Waals surface area contributed by atoms with Gasteiger partial charge in [0.2, 0.25) is 10.0 Å². The molecule has 1 aliphatic carbocycles. The summed E-state index contributed by atoms with van der Waals surface area (Å²) in [5.74, 6) is -0.236. The normalized spacial score (nSPS) is 13.5. The summed E-state index contributed by atoms with van der Waals surface area (Å²) in [6.07, 6.45) is 0. The first-order chi connectivity index (χ1) is 30.2. The van der Waals surface area contributed by atoms with E-state index in [0.29, 0.717) is 11.1 Å². The Hall–Kier alpha value is -5.08. The molecule has 6 rings (SSSR count). The lowest BCUT2D eigenvalue weighted by Gasteiger charge is -2.30. The van der Waals surface area contributed by atoms with Gasteiger partial charge < -0.3 is 9.73 Å². The van der Waals surface area contributed by atoms with E-state index in [1.54, 1.807) is 41.5 Å². The molecule has 0 spiro atoms. The van der Waals surface area contributed by atoms with Crippen molar-refractivity contribution in [2.24, 2.45) is 4.99 Å². The van der Waals surface area contributed by atoms with Crippen LogP contribution >= 0.6 is 0 Å². The van der Waals surface area contributed by atoms with Crippen LogP contribution in [0.1, 0.15) is 61.1 Å². The number of hydrogen-bond donors (Lipinski definition) is 5. The van der Waals surface area contributed by atoms with Gasteiger partial charge in [0.1, 0.15) is 30.9 Å². The van der Waals surface area contributed by atoms with Crippen LogP contribution in [0.5, 0.6) is 0 Å². The van der Waals surface area contributed by atoms with Crippen LogP contribution < -0.4 is 10.7 Å². The molecule has 2 aliphatic rings. The van der Waals surface area contributed by atoms with Crippen molar-refractivity contribution in [1.29, 1.82) is 0 Å². The van der Waals surface area contributed by atoms with Crippen LogP contribution in [0.15, 0.2) is 94.6 Å². The van der Waals surface area contributed by atoms with Gasteiger partial charge in [0.25, 0.3) is 40.5 Å². The van der Waals surface area contributed by atoms with Crippen molar-refractivity contribution in [2.75, 3.05) is 5.32 Å². The molecular formula is C43H47N3O15S5. The molecule has 1 heterocycles. The number of rotatable bonds is 12. The molecule has 0 fully saturated rings. The molecule has 4 aromatic carbocycles. The minimum absolute atomic E-state index is 0.0179. The molecule has 0 bridgehead atoms. The Balaban J connectivity index is 1.87. The predicted molar refractivity (Wildman–Crippen MR) is 247 cm³/mol. The first-order valence-corrected chi connectivity index (χ1v) is 27.0. The number of aryl methyl sites for hydroxylation is 4. The zero-order valence-electron chi connectivity index (χ0n) is 37.1. The standard InChI is InChI=1S/C43H47N3O15S5/c1-21(2)46(22(3)4)62(47,48)36-14-12-11-13-29(36)39-30-17-37(63(49,50)51)32(44-40-23(5)15-25(7)42(27(40)9)65(55,56)57)19-34(30)61-35-20-33(38(18-31(35)39)64(52,53)54)45-41-24(6)16-26(8)43(28(41)10)66(58,59)60/h11-22,44H,1-10H3,(H,49,50,51)(H,52,53,54)(H,55,56,57)(H,58,59,60)/b45-33+. The highest BCUT2D eigenvalue weighted by atomic mass is 32.2. The quantitative estimate of drug-likeness (QED) is 0.0576. The molecule has 0 atom stereocenters. The fraction of sp³-hybridized carbons (Fsp3) is 0.279. The Morgan fingerprint density at radius 1 is 0.576 bits per heavy atom. The minimum atomic E-state index is -5.28. The first-order valence-electron chi connectivity index (χ1n) is 19.8. The highest BCUT2D eigenvalue weighted by Crippen LogP contribution is 2.46. The number of anilines is 2. The van der Waals surface area contributed by atoms with Crippen LogP contribution in [0.4, 0.5) is 17.1 Å². The van der Waals surface area contributed by atoms with E-state index in [1.165, 1.54) is 68.4 Å². The van der Waals surface area contributed by atoms with Crippen molar-refractivity contribution in [3.63, 3.8) is 0 Å². The van der Waals surface area contributed by atoms with Gasteiger partial charge in [-0.05, 0) is 121 Å². The van der Waals surface area contributed by atoms with Crippen molar-refractivity contribution >= 4 is 78.5 Å². The summed E-state index contributed by atoms with van der Waals surface area (Å²) in [5.41, 5.74) is -0.188. The maximum absolute atomic E-state index is 14.7. The van der Waals surface area contributed by atoms with E-state index in [4.69, 9.17) is 4.42 Å². The van der Waals surface area contributed by atoms with Gasteiger partial charge in [-0.25, -0.2) is 13.4 Å². The SMILES string of the molecule is Cc1cc(C)c(S(=O)(=O)O)c(C)c1/N=c1\cc2oc3cc(Nc4c(C)cc(C)c(S(=O)(=O)O)c4C)c(S(=O)(=O)O)cc3c(-c3ccccc3S(=O)(=O)N(C(C)C)C(C)C)c-2cc1S(=O)(=O)O. The van der Waals surface area contributed by atoms with Gasteiger partial charge in [-0.3, -0.25) is 18.2 Å². The molecule has 0 saturated heterocycles. The van der Waals surface area contributed by atoms with E-state index in [2.05, 4.69) is 10.3 Å². The lowest BCUT2D eigenvalue weighted by molar-refractivity contribution is 0.302. The Labute approximate surface area is 383 Å². The molecule has 5 N–H and O–H groups in total. The topological polar surface area (TPSA) is 292 Å². The van der Waals surface area contributed by atoms with Crippen LogP contribution in [0.3, 0.4) is 0 Å². The van der Waals surface area contributed by atoms with Crippen molar-refractivity contribution in [2.45, 2.75) is 106 Å². The molecule has 0 saturated carbocycles. The average Bonchev–Trinajstić information content (AvgIpc) is 3.14. The maximum atomic E-state index is 14.7. The largest absolute Gasteiger partial charge is 0.456 e. The lowest BCUT2D eigenvalue weighted by atomic mass is 9.93. The zero-order valence-corrected chi connectivity index (χ0v) is 41.2. The first kappa shape index (κ1) is 50.3. The molecule has 0 radical (unpaired) electrons. The molecule has 0 unspecified atom stereocenters. The van der Waals surface area contributed by atoms with Gasteiger partial charge >= 0.3 is 0 Å². The molecule has 66 heavy (non-hydrogen) atoms. The Morgan fingerprint density at radius 3 is 1.64 bits per heavy atom. The summed E-state index contributed by atoms with van der Waals surface area (Å²) >= 11 is 0. The minimum Gasteiger partial charge on any atom is -0.456 e. The van der Waals surface area contributed by atoms with Gasteiger partial charge in [-0.2, -0.15) is 38.0 Å². The average molecular weight is 1010 g/mol. The molecule has 0 amide bonds. The molecule has 18 nitrogen and oxygen atoms in total. The van der Waals surface area contributed by atoms with Crippen LogP contribution in [-0.2, 0) is 50.5 Å². The van der Waals surface area contributed by atoms with E-state index in [1.807, 2.05) is 0 Å². The second kappa shape index (κ2) is 17.2. The third-order valence-corrected chi connectivity index (χ3v) is 17.3. The number of benzene rings is 5. The zero-order chi connectivity index (χ0) is 49.5. The summed E-state index contributed by atoms with van der Waals surface area (Å²) < 4.78 is 182. The smallest absolute Gasteiger partial charge is 0.296 e. The van der Waals surface area contributed by atoms with Crippen LogP contribution in [0.25, 0.3) is 33.4 Å². The highest BCUT2D eigenvalue weighted by molar-refractivity contribution is 7.89. The van der Waals surface area contributed by atoms with Crippen LogP contribution in [0.2, 0.25) is 0 Å². The van der Waals surface area contributed by atoms with E-state index in [0.717, 1.165) is 24.3 Å². The lowest BCUT2D eigenvalue weighted by Crippen LogP contribution is -2.42. The third-order valence-electron chi connectivity index (χ3n) is 11.0. The second-order valence-corrected chi connectivity index (χ2v) is 23.8. The Kier molecular flexibility index (Phi) is 13.1. The summed E-state index contributed by atoms with van der Waals surface area (Å²) in [5, 5.41) is 2.16. The highest BCUT2D eigenvalue weighted by Gasteiger charge is 2.35. The van der Waals surface area contributed by atoms with E-state index in [-0.39, 0.29) is 77.6 Å². The van der Waals surface area contributed by atoms with Crippen molar-refractivity contribution in [3.8, 4) is 22.5 Å². The third kappa shape index (κ3) is 9.28. The van der Waals surface area contributed by atoms with Gasteiger partial charge in [0.15, 0.2) is 0 Å².